The van der Waals surface area contributed by atoms with Crippen LogP contribution in [0.15, 0.2) is 67.0 Å². The number of nitrogens with zero attached hydrogens (tertiary/aromatic N) is 5. The van der Waals surface area contributed by atoms with Crippen molar-refractivity contribution in [1.82, 2.24) is 25.1 Å². The Balaban J connectivity index is 1.46. The molecule has 0 radical (unpaired) electrons. The molecule has 2 aromatic carbocycles. The molecular formula is C19H17N5O. The van der Waals surface area contributed by atoms with Crippen molar-refractivity contribution in [3.05, 3.63) is 78.1 Å². The van der Waals surface area contributed by atoms with Crippen molar-refractivity contribution in [3.8, 4) is 5.69 Å². The molecule has 4 rings (SSSR count). The van der Waals surface area contributed by atoms with Gasteiger partial charge in [0, 0.05) is 18.7 Å². The number of carbonyl (C=O) groups is 1. The number of hydrogen-bond donors (Lipinski definition) is 0. The minimum absolute atomic E-state index is 0.0478. The van der Waals surface area contributed by atoms with Crippen LogP contribution in [0.3, 0.4) is 0 Å². The maximum Gasteiger partial charge on any atom is 0.254 e. The quantitative estimate of drug-likeness (QED) is 0.740. The molecule has 0 bridgehead atoms. The zero-order chi connectivity index (χ0) is 17.1. The van der Waals surface area contributed by atoms with Crippen molar-refractivity contribution < 1.29 is 4.79 Å². The normalized spacial score (nSPS) is 14.2. The fourth-order valence-electron chi connectivity index (χ4n) is 2.99. The second-order valence-electron chi connectivity index (χ2n) is 5.90. The second kappa shape index (κ2) is 6.68. The van der Waals surface area contributed by atoms with Gasteiger partial charge in [0.2, 0.25) is 0 Å². The van der Waals surface area contributed by atoms with Gasteiger partial charge in [-0.2, -0.15) is 0 Å². The van der Waals surface area contributed by atoms with E-state index in [4.69, 9.17) is 0 Å². The summed E-state index contributed by atoms with van der Waals surface area (Å²) in [5.41, 5.74) is 4.04. The van der Waals surface area contributed by atoms with Gasteiger partial charge in [0.25, 0.3) is 5.91 Å². The van der Waals surface area contributed by atoms with E-state index in [0.717, 1.165) is 18.7 Å². The van der Waals surface area contributed by atoms with Crippen LogP contribution in [0, 0.1) is 0 Å². The number of tetrazole rings is 1. The Morgan fingerprint density at radius 1 is 1.00 bits per heavy atom. The van der Waals surface area contributed by atoms with E-state index in [1.807, 2.05) is 47.4 Å². The molecular weight excluding hydrogens is 314 g/mol. The average molecular weight is 331 g/mol. The molecule has 3 aromatic rings. The molecule has 0 atom stereocenters. The van der Waals surface area contributed by atoms with Crippen molar-refractivity contribution in [1.29, 1.82) is 0 Å². The van der Waals surface area contributed by atoms with Crippen LogP contribution in [0.5, 0.6) is 0 Å². The SMILES string of the molecule is O=C(c1ccc(-n2cnnn2)cc1)N1CC=C(c2ccccc2)CC1. The zero-order valence-electron chi connectivity index (χ0n) is 13.6. The molecule has 0 fully saturated rings. The van der Waals surface area contributed by atoms with Crippen LogP contribution in [0.25, 0.3) is 11.3 Å². The average Bonchev–Trinajstić information content (AvgIpc) is 3.23. The van der Waals surface area contributed by atoms with Gasteiger partial charge in [-0.3, -0.25) is 4.79 Å². The summed E-state index contributed by atoms with van der Waals surface area (Å²) in [6.07, 6.45) is 4.54. The van der Waals surface area contributed by atoms with Gasteiger partial charge >= 0.3 is 0 Å². The summed E-state index contributed by atoms with van der Waals surface area (Å²) in [5.74, 6) is 0.0478. The van der Waals surface area contributed by atoms with Crippen LogP contribution in [-0.2, 0) is 0 Å². The van der Waals surface area contributed by atoms with Crippen molar-refractivity contribution >= 4 is 11.5 Å². The summed E-state index contributed by atoms with van der Waals surface area (Å²) in [6.45, 7) is 1.37. The number of carbonyl (C=O) groups excluding carboxylic acids is 1. The highest BCUT2D eigenvalue weighted by atomic mass is 16.2. The molecule has 1 amide bonds. The molecule has 124 valence electrons. The third kappa shape index (κ3) is 3.19. The lowest BCUT2D eigenvalue weighted by molar-refractivity contribution is 0.0773. The smallest absolute Gasteiger partial charge is 0.254 e. The van der Waals surface area contributed by atoms with E-state index in [-0.39, 0.29) is 5.91 Å². The Kier molecular flexibility index (Phi) is 4.08. The lowest BCUT2D eigenvalue weighted by Gasteiger charge is -2.27. The van der Waals surface area contributed by atoms with E-state index in [2.05, 4.69) is 33.7 Å². The highest BCUT2D eigenvalue weighted by molar-refractivity contribution is 5.95. The molecule has 0 spiro atoms. The molecule has 0 aliphatic carbocycles. The van der Waals surface area contributed by atoms with Gasteiger partial charge in [-0.05, 0) is 52.2 Å². The third-order valence-corrected chi connectivity index (χ3v) is 4.37. The first-order chi connectivity index (χ1) is 12.3. The van der Waals surface area contributed by atoms with E-state index < -0.39 is 0 Å². The van der Waals surface area contributed by atoms with E-state index >= 15 is 0 Å². The van der Waals surface area contributed by atoms with Gasteiger partial charge in [0.05, 0.1) is 5.69 Å². The number of hydrogen-bond acceptors (Lipinski definition) is 4. The minimum Gasteiger partial charge on any atom is -0.335 e. The molecule has 2 heterocycles. The van der Waals surface area contributed by atoms with Gasteiger partial charge in [-0.25, -0.2) is 4.68 Å². The maximum atomic E-state index is 12.7. The number of rotatable bonds is 3. The van der Waals surface area contributed by atoms with Crippen molar-refractivity contribution in [2.75, 3.05) is 13.1 Å². The standard InChI is InChI=1S/C19H17N5O/c25-19(17-6-8-18(9-7-17)24-14-20-21-22-24)23-12-10-16(11-13-23)15-4-2-1-3-5-15/h1-10,14H,11-13H2. The molecule has 1 aromatic heterocycles. The van der Waals surface area contributed by atoms with E-state index in [1.54, 1.807) is 4.68 Å². The third-order valence-electron chi connectivity index (χ3n) is 4.37. The molecule has 6 nitrogen and oxygen atoms in total. The summed E-state index contributed by atoms with van der Waals surface area (Å²) in [6, 6.07) is 17.6. The first-order valence-electron chi connectivity index (χ1n) is 8.18. The molecule has 0 saturated carbocycles. The molecule has 25 heavy (non-hydrogen) atoms. The highest BCUT2D eigenvalue weighted by Crippen LogP contribution is 2.23. The maximum absolute atomic E-state index is 12.7. The fourth-order valence-corrected chi connectivity index (χ4v) is 2.99. The molecule has 1 aliphatic heterocycles. The predicted molar refractivity (Wildman–Crippen MR) is 94.1 cm³/mol. The van der Waals surface area contributed by atoms with Gasteiger partial charge in [-0.15, -0.1) is 5.10 Å². The van der Waals surface area contributed by atoms with E-state index in [0.29, 0.717) is 12.1 Å². The molecule has 0 unspecified atom stereocenters. The lowest BCUT2D eigenvalue weighted by Crippen LogP contribution is -2.34. The largest absolute Gasteiger partial charge is 0.335 e. The van der Waals surface area contributed by atoms with Crippen LogP contribution >= 0.6 is 0 Å². The van der Waals surface area contributed by atoms with Gasteiger partial charge in [0.1, 0.15) is 6.33 Å². The predicted octanol–water partition coefficient (Wildman–Crippen LogP) is 2.59. The van der Waals surface area contributed by atoms with Crippen LogP contribution in [-0.4, -0.2) is 44.1 Å². The number of aromatic nitrogens is 4. The molecule has 6 heteroatoms. The van der Waals surface area contributed by atoms with Crippen LogP contribution in [0.4, 0.5) is 0 Å². The second-order valence-corrected chi connectivity index (χ2v) is 5.90. The Hall–Kier alpha value is -3.28. The highest BCUT2D eigenvalue weighted by Gasteiger charge is 2.19. The van der Waals surface area contributed by atoms with Crippen LogP contribution in [0.1, 0.15) is 22.3 Å². The summed E-state index contributed by atoms with van der Waals surface area (Å²) in [5, 5.41) is 11.1. The minimum atomic E-state index is 0.0478. The molecule has 0 N–H and O–H groups in total. The van der Waals surface area contributed by atoms with Crippen molar-refractivity contribution in [2.24, 2.45) is 0 Å². The van der Waals surface area contributed by atoms with Crippen LogP contribution in [0.2, 0.25) is 0 Å². The van der Waals surface area contributed by atoms with Crippen molar-refractivity contribution in [2.45, 2.75) is 6.42 Å². The lowest BCUT2D eigenvalue weighted by atomic mass is 9.99. The van der Waals surface area contributed by atoms with Gasteiger partial charge < -0.3 is 4.90 Å². The Morgan fingerprint density at radius 3 is 2.44 bits per heavy atom. The number of amides is 1. The first-order valence-corrected chi connectivity index (χ1v) is 8.18. The van der Waals surface area contributed by atoms with E-state index in [1.165, 1.54) is 17.5 Å². The summed E-state index contributed by atoms with van der Waals surface area (Å²) in [4.78, 5) is 14.6. The summed E-state index contributed by atoms with van der Waals surface area (Å²) in [7, 11) is 0. The Bertz CT molecular complexity index is 885. The molecule has 1 aliphatic rings. The topological polar surface area (TPSA) is 63.9 Å². The zero-order valence-corrected chi connectivity index (χ0v) is 13.6. The monoisotopic (exact) mass is 331 g/mol. The molecule has 0 saturated heterocycles. The van der Waals surface area contributed by atoms with Crippen LogP contribution < -0.4 is 0 Å². The van der Waals surface area contributed by atoms with E-state index in [9.17, 15) is 4.79 Å². The first kappa shape index (κ1) is 15.3. The van der Waals surface area contributed by atoms with Gasteiger partial charge in [0.15, 0.2) is 0 Å². The van der Waals surface area contributed by atoms with Crippen molar-refractivity contribution in [3.63, 3.8) is 0 Å². The summed E-state index contributed by atoms with van der Waals surface area (Å²) < 4.78 is 1.56. The Labute approximate surface area is 145 Å². The van der Waals surface area contributed by atoms with Gasteiger partial charge in [-0.1, -0.05) is 36.4 Å². The Morgan fingerprint density at radius 2 is 1.80 bits per heavy atom. The summed E-state index contributed by atoms with van der Waals surface area (Å²) >= 11 is 0. The number of benzene rings is 2. The fraction of sp³-hybridized carbons (Fsp3) is 0.158.